The third kappa shape index (κ3) is 3.78. The lowest BCUT2D eigenvalue weighted by atomic mass is 10.1. The fraction of sp³-hybridized carbons (Fsp3) is 0.368. The number of fused-ring (bicyclic) bond motifs is 1. The van der Waals surface area contributed by atoms with Gasteiger partial charge in [-0.3, -0.25) is 14.7 Å². The molecule has 3 heterocycles. The number of aromatic nitrogens is 2. The molecule has 29 heavy (non-hydrogen) atoms. The van der Waals surface area contributed by atoms with E-state index in [2.05, 4.69) is 9.97 Å². The predicted molar refractivity (Wildman–Crippen MR) is 107 cm³/mol. The first-order valence-electron chi connectivity index (χ1n) is 9.29. The monoisotopic (exact) mass is 418 g/mol. The van der Waals surface area contributed by atoms with E-state index in [4.69, 9.17) is 4.42 Å². The molecule has 0 amide bonds. The summed E-state index contributed by atoms with van der Waals surface area (Å²) in [5, 5.41) is 0. The van der Waals surface area contributed by atoms with Crippen LogP contribution in [0.3, 0.4) is 0 Å². The maximum absolute atomic E-state index is 12.9. The van der Waals surface area contributed by atoms with E-state index < -0.39 is 15.8 Å². The number of piperazine rings is 1. The SMILES string of the molecule is Cc1cc(C(=O)CN2CCN(S(=O)(=O)c3ccc4[nH]c(=O)oc4c3)CC2)c(C)[nH]1. The molecule has 1 aliphatic rings. The van der Waals surface area contributed by atoms with Crippen LogP contribution in [-0.2, 0) is 10.0 Å². The number of oxazole rings is 1. The van der Waals surface area contributed by atoms with Crippen molar-refractivity contribution in [2.75, 3.05) is 32.7 Å². The molecule has 4 rings (SSSR count). The van der Waals surface area contributed by atoms with Gasteiger partial charge < -0.3 is 9.40 Å². The number of sulfonamides is 1. The summed E-state index contributed by atoms with van der Waals surface area (Å²) in [4.78, 5) is 31.5. The van der Waals surface area contributed by atoms with E-state index in [1.165, 1.54) is 22.5 Å². The van der Waals surface area contributed by atoms with Crippen LogP contribution in [-0.4, -0.2) is 66.1 Å². The molecule has 0 spiro atoms. The Morgan fingerprint density at radius 3 is 2.48 bits per heavy atom. The van der Waals surface area contributed by atoms with Crippen LogP contribution in [0, 0.1) is 13.8 Å². The number of benzene rings is 1. The van der Waals surface area contributed by atoms with E-state index in [9.17, 15) is 18.0 Å². The van der Waals surface area contributed by atoms with Crippen molar-refractivity contribution in [2.24, 2.45) is 0 Å². The second-order valence-corrected chi connectivity index (χ2v) is 9.20. The highest BCUT2D eigenvalue weighted by Crippen LogP contribution is 2.22. The molecule has 1 saturated heterocycles. The van der Waals surface area contributed by atoms with Crippen LogP contribution in [0.1, 0.15) is 21.7 Å². The van der Waals surface area contributed by atoms with Gasteiger partial charge in [-0.15, -0.1) is 0 Å². The molecule has 0 bridgehead atoms. The van der Waals surface area contributed by atoms with E-state index in [0.717, 1.165) is 11.4 Å². The zero-order chi connectivity index (χ0) is 20.8. The molecule has 3 aromatic rings. The summed E-state index contributed by atoms with van der Waals surface area (Å²) in [6.07, 6.45) is 0. The standard InChI is InChI=1S/C19H22N4O5S/c1-12-9-15(13(2)20-12)17(24)11-22-5-7-23(8-6-22)29(26,27)14-3-4-16-18(10-14)28-19(25)21-16/h3-4,9-10,20H,5-8,11H2,1-2H3,(H,21,25). The van der Waals surface area contributed by atoms with Crippen LogP contribution < -0.4 is 5.76 Å². The molecule has 2 aromatic heterocycles. The first kappa shape index (κ1) is 19.6. The largest absolute Gasteiger partial charge is 0.417 e. The first-order valence-corrected chi connectivity index (χ1v) is 10.7. The number of carbonyl (C=O) groups is 1. The van der Waals surface area contributed by atoms with Crippen LogP contribution in [0.4, 0.5) is 0 Å². The van der Waals surface area contributed by atoms with E-state index in [-0.39, 0.29) is 35.9 Å². The lowest BCUT2D eigenvalue weighted by Crippen LogP contribution is -2.49. The Kier molecular flexibility index (Phi) is 4.93. The normalized spacial score (nSPS) is 16.5. The Balaban J connectivity index is 1.43. The van der Waals surface area contributed by atoms with Gasteiger partial charge in [0.05, 0.1) is 17.0 Å². The molecule has 1 aliphatic heterocycles. The molecule has 10 heteroatoms. The number of ketones is 1. The maximum Gasteiger partial charge on any atom is 0.417 e. The average molecular weight is 418 g/mol. The van der Waals surface area contributed by atoms with Crippen molar-refractivity contribution in [3.63, 3.8) is 0 Å². The van der Waals surface area contributed by atoms with Crippen molar-refractivity contribution in [1.82, 2.24) is 19.2 Å². The number of nitrogens with one attached hydrogen (secondary N) is 2. The fourth-order valence-corrected chi connectivity index (χ4v) is 5.10. The highest BCUT2D eigenvalue weighted by molar-refractivity contribution is 7.89. The minimum atomic E-state index is -3.71. The Morgan fingerprint density at radius 2 is 1.83 bits per heavy atom. The van der Waals surface area contributed by atoms with Crippen molar-refractivity contribution in [3.05, 3.63) is 51.8 Å². The summed E-state index contributed by atoms with van der Waals surface area (Å²) in [7, 11) is -3.71. The second-order valence-electron chi connectivity index (χ2n) is 7.27. The zero-order valence-electron chi connectivity index (χ0n) is 16.2. The van der Waals surface area contributed by atoms with Gasteiger partial charge in [-0.1, -0.05) is 0 Å². The molecule has 0 atom stereocenters. The highest BCUT2D eigenvalue weighted by Gasteiger charge is 2.30. The Bertz CT molecular complexity index is 1230. The van der Waals surface area contributed by atoms with Gasteiger partial charge in [0.25, 0.3) is 0 Å². The summed E-state index contributed by atoms with van der Waals surface area (Å²) in [5.41, 5.74) is 3.13. The molecule has 0 unspecified atom stereocenters. The van der Waals surface area contributed by atoms with Gasteiger partial charge in [0.15, 0.2) is 11.4 Å². The lowest BCUT2D eigenvalue weighted by Gasteiger charge is -2.33. The number of Topliss-reactive ketones (excluding diaryl/α,β-unsaturated/α-hetero) is 1. The zero-order valence-corrected chi connectivity index (χ0v) is 17.0. The molecule has 2 N–H and O–H groups in total. The van der Waals surface area contributed by atoms with Gasteiger partial charge in [-0.25, -0.2) is 13.2 Å². The van der Waals surface area contributed by atoms with Crippen LogP contribution in [0.2, 0.25) is 0 Å². The summed E-state index contributed by atoms with van der Waals surface area (Å²) >= 11 is 0. The van der Waals surface area contributed by atoms with Gasteiger partial charge in [0, 0.05) is 49.2 Å². The minimum Gasteiger partial charge on any atom is -0.408 e. The smallest absolute Gasteiger partial charge is 0.408 e. The topological polar surface area (TPSA) is 119 Å². The maximum atomic E-state index is 12.9. The molecule has 154 valence electrons. The number of nitrogens with zero attached hydrogens (tertiary/aromatic N) is 2. The molecule has 0 radical (unpaired) electrons. The quantitative estimate of drug-likeness (QED) is 0.602. The van der Waals surface area contributed by atoms with Crippen LogP contribution in [0.15, 0.2) is 38.4 Å². The number of carbonyl (C=O) groups excluding carboxylic acids is 1. The van der Waals surface area contributed by atoms with Gasteiger partial charge in [-0.05, 0) is 32.0 Å². The van der Waals surface area contributed by atoms with Crippen molar-refractivity contribution in [2.45, 2.75) is 18.7 Å². The van der Waals surface area contributed by atoms with Crippen molar-refractivity contribution < 1.29 is 17.6 Å². The molecule has 0 saturated carbocycles. The summed E-state index contributed by atoms with van der Waals surface area (Å²) in [5.74, 6) is -0.600. The van der Waals surface area contributed by atoms with Gasteiger partial charge >= 0.3 is 5.76 Å². The van der Waals surface area contributed by atoms with E-state index in [1.54, 1.807) is 0 Å². The molecular formula is C19H22N4O5S. The molecule has 1 aromatic carbocycles. The summed E-state index contributed by atoms with van der Waals surface area (Å²) < 4.78 is 32.2. The number of aromatic amines is 2. The Morgan fingerprint density at radius 1 is 1.10 bits per heavy atom. The Labute approximate surface area is 167 Å². The molecule has 9 nitrogen and oxygen atoms in total. The first-order chi connectivity index (χ1) is 13.7. The predicted octanol–water partition coefficient (Wildman–Crippen LogP) is 1.26. The fourth-order valence-electron chi connectivity index (χ4n) is 3.67. The minimum absolute atomic E-state index is 0.0242. The van der Waals surface area contributed by atoms with Gasteiger partial charge in [0.2, 0.25) is 10.0 Å². The third-order valence-electron chi connectivity index (χ3n) is 5.18. The third-order valence-corrected chi connectivity index (χ3v) is 7.07. The van der Waals surface area contributed by atoms with E-state index in [1.807, 2.05) is 24.8 Å². The van der Waals surface area contributed by atoms with Crippen LogP contribution in [0.5, 0.6) is 0 Å². The highest BCUT2D eigenvalue weighted by atomic mass is 32.2. The molecular weight excluding hydrogens is 396 g/mol. The van der Waals surface area contributed by atoms with Gasteiger partial charge in [-0.2, -0.15) is 4.31 Å². The summed E-state index contributed by atoms with van der Waals surface area (Å²) in [6, 6.07) is 6.17. The van der Waals surface area contributed by atoms with Crippen molar-refractivity contribution in [1.29, 1.82) is 0 Å². The molecule has 0 aliphatic carbocycles. The Hall–Kier alpha value is -2.69. The van der Waals surface area contributed by atoms with Crippen LogP contribution in [0.25, 0.3) is 11.1 Å². The summed E-state index contributed by atoms with van der Waals surface area (Å²) in [6.45, 7) is 5.54. The van der Waals surface area contributed by atoms with E-state index in [0.29, 0.717) is 24.2 Å². The number of aryl methyl sites for hydroxylation is 2. The van der Waals surface area contributed by atoms with Crippen LogP contribution >= 0.6 is 0 Å². The van der Waals surface area contributed by atoms with Crippen molar-refractivity contribution in [3.8, 4) is 0 Å². The van der Waals surface area contributed by atoms with E-state index >= 15 is 0 Å². The average Bonchev–Trinajstić information content (AvgIpc) is 3.21. The van der Waals surface area contributed by atoms with Crippen molar-refractivity contribution >= 4 is 26.9 Å². The molecule has 1 fully saturated rings. The number of rotatable bonds is 5. The second kappa shape index (κ2) is 7.29. The number of hydrogen-bond donors (Lipinski definition) is 2. The number of hydrogen-bond acceptors (Lipinski definition) is 6. The van der Waals surface area contributed by atoms with Gasteiger partial charge in [0.1, 0.15) is 0 Å². The number of H-pyrrole nitrogens is 2. The lowest BCUT2D eigenvalue weighted by molar-refractivity contribution is 0.0901.